The first-order chi connectivity index (χ1) is 5.67. The molecule has 0 bridgehead atoms. The Balaban J connectivity index is 3.94. The molecule has 0 aliphatic rings. The van der Waals surface area contributed by atoms with Gasteiger partial charge in [0.25, 0.3) is 0 Å². The van der Waals surface area contributed by atoms with E-state index in [9.17, 15) is 0 Å². The first-order valence-electron chi connectivity index (χ1n) is 5.40. The SMILES string of the molecule is CCNC(C)C(CC)C(C)CC. The Morgan fingerprint density at radius 1 is 1.00 bits per heavy atom. The summed E-state index contributed by atoms with van der Waals surface area (Å²) in [5.41, 5.74) is 0. The Morgan fingerprint density at radius 3 is 1.92 bits per heavy atom. The van der Waals surface area contributed by atoms with Crippen LogP contribution in [-0.4, -0.2) is 12.6 Å². The van der Waals surface area contributed by atoms with E-state index >= 15 is 0 Å². The summed E-state index contributed by atoms with van der Waals surface area (Å²) in [6.45, 7) is 12.5. The van der Waals surface area contributed by atoms with Gasteiger partial charge in [-0.25, -0.2) is 0 Å². The van der Waals surface area contributed by atoms with Crippen molar-refractivity contribution in [2.24, 2.45) is 11.8 Å². The minimum Gasteiger partial charge on any atom is -0.314 e. The molecule has 0 heterocycles. The topological polar surface area (TPSA) is 12.0 Å². The van der Waals surface area contributed by atoms with Crippen LogP contribution in [0.25, 0.3) is 0 Å². The maximum Gasteiger partial charge on any atom is 0.00693 e. The molecule has 12 heavy (non-hydrogen) atoms. The fraction of sp³-hybridized carbons (Fsp3) is 1.00. The summed E-state index contributed by atoms with van der Waals surface area (Å²) in [6, 6.07) is 0.676. The normalized spacial score (nSPS) is 18.8. The number of rotatable bonds is 6. The maximum atomic E-state index is 3.51. The molecule has 0 fully saturated rings. The van der Waals surface area contributed by atoms with Crippen LogP contribution in [0, 0.1) is 11.8 Å². The minimum atomic E-state index is 0.676. The third-order valence-electron chi connectivity index (χ3n) is 3.01. The van der Waals surface area contributed by atoms with Crippen molar-refractivity contribution >= 4 is 0 Å². The van der Waals surface area contributed by atoms with Crippen LogP contribution in [0.4, 0.5) is 0 Å². The fourth-order valence-corrected chi connectivity index (χ4v) is 2.02. The van der Waals surface area contributed by atoms with Gasteiger partial charge in [-0.1, -0.05) is 40.5 Å². The molecule has 1 N–H and O–H groups in total. The Morgan fingerprint density at radius 2 is 1.58 bits per heavy atom. The lowest BCUT2D eigenvalue weighted by atomic mass is 9.84. The molecule has 0 aliphatic carbocycles. The lowest BCUT2D eigenvalue weighted by molar-refractivity contribution is 0.263. The molecule has 1 nitrogen and oxygen atoms in total. The highest BCUT2D eigenvalue weighted by Crippen LogP contribution is 2.21. The summed E-state index contributed by atoms with van der Waals surface area (Å²) in [5.74, 6) is 1.69. The van der Waals surface area contributed by atoms with Gasteiger partial charge >= 0.3 is 0 Å². The van der Waals surface area contributed by atoms with Crippen molar-refractivity contribution in [1.29, 1.82) is 0 Å². The highest BCUT2D eigenvalue weighted by atomic mass is 14.9. The van der Waals surface area contributed by atoms with Crippen molar-refractivity contribution in [3.63, 3.8) is 0 Å². The van der Waals surface area contributed by atoms with Gasteiger partial charge in [0.1, 0.15) is 0 Å². The van der Waals surface area contributed by atoms with Crippen LogP contribution < -0.4 is 5.32 Å². The van der Waals surface area contributed by atoms with E-state index in [1.807, 2.05) is 0 Å². The van der Waals surface area contributed by atoms with Crippen molar-refractivity contribution in [2.45, 2.75) is 53.5 Å². The van der Waals surface area contributed by atoms with Gasteiger partial charge in [0.15, 0.2) is 0 Å². The molecule has 0 aromatic carbocycles. The van der Waals surface area contributed by atoms with Gasteiger partial charge in [0, 0.05) is 6.04 Å². The average Bonchev–Trinajstić information content (AvgIpc) is 2.06. The largest absolute Gasteiger partial charge is 0.314 e. The zero-order valence-corrected chi connectivity index (χ0v) is 9.35. The van der Waals surface area contributed by atoms with Crippen LogP contribution in [0.2, 0.25) is 0 Å². The van der Waals surface area contributed by atoms with Crippen LogP contribution in [0.1, 0.15) is 47.5 Å². The van der Waals surface area contributed by atoms with Gasteiger partial charge in [-0.3, -0.25) is 0 Å². The molecular weight excluding hydrogens is 146 g/mol. The first-order valence-corrected chi connectivity index (χ1v) is 5.40. The molecule has 0 radical (unpaired) electrons. The monoisotopic (exact) mass is 171 g/mol. The smallest absolute Gasteiger partial charge is 0.00693 e. The molecule has 74 valence electrons. The Bertz CT molecular complexity index is 101. The average molecular weight is 171 g/mol. The van der Waals surface area contributed by atoms with E-state index < -0.39 is 0 Å². The molecular formula is C11H25N. The van der Waals surface area contributed by atoms with E-state index in [0.717, 1.165) is 18.4 Å². The standard InChI is InChI=1S/C11H25N/c1-6-9(4)11(7-2)10(5)12-8-3/h9-12H,6-8H2,1-5H3. The molecule has 1 heteroatoms. The molecule has 0 rings (SSSR count). The highest BCUT2D eigenvalue weighted by Gasteiger charge is 2.19. The summed E-state index contributed by atoms with van der Waals surface area (Å²) < 4.78 is 0. The Labute approximate surface area is 77.9 Å². The van der Waals surface area contributed by atoms with E-state index in [0.29, 0.717) is 6.04 Å². The molecule has 0 saturated carbocycles. The van der Waals surface area contributed by atoms with Crippen molar-refractivity contribution in [3.8, 4) is 0 Å². The van der Waals surface area contributed by atoms with Crippen LogP contribution in [0.3, 0.4) is 0 Å². The van der Waals surface area contributed by atoms with Crippen molar-refractivity contribution in [2.75, 3.05) is 6.54 Å². The fourth-order valence-electron chi connectivity index (χ4n) is 2.02. The van der Waals surface area contributed by atoms with Crippen LogP contribution in [-0.2, 0) is 0 Å². The molecule has 0 aliphatic heterocycles. The summed E-state index contributed by atoms with van der Waals surface area (Å²) >= 11 is 0. The van der Waals surface area contributed by atoms with Crippen LogP contribution in [0.15, 0.2) is 0 Å². The minimum absolute atomic E-state index is 0.676. The summed E-state index contributed by atoms with van der Waals surface area (Å²) in [6.07, 6.45) is 2.59. The van der Waals surface area contributed by atoms with E-state index in [-0.39, 0.29) is 0 Å². The zero-order chi connectivity index (χ0) is 9.56. The molecule has 3 unspecified atom stereocenters. The van der Waals surface area contributed by atoms with E-state index in [4.69, 9.17) is 0 Å². The third-order valence-corrected chi connectivity index (χ3v) is 3.01. The van der Waals surface area contributed by atoms with Gasteiger partial charge in [-0.15, -0.1) is 0 Å². The van der Waals surface area contributed by atoms with Gasteiger partial charge in [-0.05, 0) is 25.3 Å². The molecule has 3 atom stereocenters. The number of hydrogen-bond donors (Lipinski definition) is 1. The van der Waals surface area contributed by atoms with Gasteiger partial charge < -0.3 is 5.32 Å². The van der Waals surface area contributed by atoms with E-state index in [1.54, 1.807) is 0 Å². The molecule has 0 aromatic heterocycles. The zero-order valence-electron chi connectivity index (χ0n) is 9.35. The summed E-state index contributed by atoms with van der Waals surface area (Å²) in [7, 11) is 0. The van der Waals surface area contributed by atoms with Crippen molar-refractivity contribution in [3.05, 3.63) is 0 Å². The molecule has 0 aromatic rings. The number of hydrogen-bond acceptors (Lipinski definition) is 1. The van der Waals surface area contributed by atoms with Gasteiger partial charge in [-0.2, -0.15) is 0 Å². The van der Waals surface area contributed by atoms with Crippen LogP contribution >= 0.6 is 0 Å². The summed E-state index contributed by atoms with van der Waals surface area (Å²) in [5, 5.41) is 3.51. The van der Waals surface area contributed by atoms with Gasteiger partial charge in [0.05, 0.1) is 0 Å². The highest BCUT2D eigenvalue weighted by molar-refractivity contribution is 4.74. The maximum absolute atomic E-state index is 3.51. The van der Waals surface area contributed by atoms with Gasteiger partial charge in [0.2, 0.25) is 0 Å². The van der Waals surface area contributed by atoms with Crippen molar-refractivity contribution in [1.82, 2.24) is 5.32 Å². The third kappa shape index (κ3) is 3.57. The molecule has 0 saturated heterocycles. The Hall–Kier alpha value is -0.0400. The van der Waals surface area contributed by atoms with E-state index in [2.05, 4.69) is 39.9 Å². The summed E-state index contributed by atoms with van der Waals surface area (Å²) in [4.78, 5) is 0. The van der Waals surface area contributed by atoms with Crippen molar-refractivity contribution < 1.29 is 0 Å². The lowest BCUT2D eigenvalue weighted by Gasteiger charge is -2.28. The van der Waals surface area contributed by atoms with Crippen LogP contribution in [0.5, 0.6) is 0 Å². The first kappa shape index (κ1) is 12.0. The second-order valence-corrected chi connectivity index (χ2v) is 3.80. The second-order valence-electron chi connectivity index (χ2n) is 3.80. The number of nitrogens with one attached hydrogen (secondary N) is 1. The molecule has 0 spiro atoms. The van der Waals surface area contributed by atoms with E-state index in [1.165, 1.54) is 12.8 Å². The Kier molecular flexibility index (Phi) is 6.45. The quantitative estimate of drug-likeness (QED) is 0.647. The predicted octanol–water partition coefficient (Wildman–Crippen LogP) is 3.06. The lowest BCUT2D eigenvalue weighted by Crippen LogP contribution is -2.36. The predicted molar refractivity (Wildman–Crippen MR) is 56.4 cm³/mol. The second kappa shape index (κ2) is 6.47. The molecule has 0 amide bonds.